The van der Waals surface area contributed by atoms with Gasteiger partial charge in [0.2, 0.25) is 6.79 Å². The lowest BCUT2D eigenvalue weighted by Gasteiger charge is -2.10. The van der Waals surface area contributed by atoms with E-state index >= 15 is 0 Å². The molecule has 0 aliphatic heterocycles. The van der Waals surface area contributed by atoms with Crippen LogP contribution in [0.1, 0.15) is 36.7 Å². The van der Waals surface area contributed by atoms with E-state index in [1.807, 2.05) is 26.0 Å². The second kappa shape index (κ2) is 17.9. The number of pyridine rings is 1. The monoisotopic (exact) mass is 429 g/mol. The van der Waals surface area contributed by atoms with Crippen molar-refractivity contribution in [3.8, 4) is 11.5 Å². The third-order valence-electron chi connectivity index (χ3n) is 3.20. The average molecular weight is 429 g/mol. The molecule has 0 saturated heterocycles. The fourth-order valence-corrected chi connectivity index (χ4v) is 2.23. The SMILES string of the molecule is CC(C)c1nc(Cc2ccc(OCO[P+](=O)O)cc2)ccc1O.CN.CN.CN. The molecule has 1 aromatic heterocycles. The molecule has 0 radical (unpaired) electrons. The third-order valence-corrected chi connectivity index (χ3v) is 3.53. The minimum absolute atomic E-state index is 0.156. The van der Waals surface area contributed by atoms with Gasteiger partial charge in [0.1, 0.15) is 11.5 Å². The van der Waals surface area contributed by atoms with Crippen molar-refractivity contribution in [2.45, 2.75) is 26.2 Å². The van der Waals surface area contributed by atoms with Crippen LogP contribution in [-0.4, -0.2) is 42.9 Å². The second-order valence-corrected chi connectivity index (χ2v) is 6.05. The fraction of sp³-hybridized carbons (Fsp3) is 0.421. The number of aromatic nitrogens is 1. The number of rotatable bonds is 7. The second-order valence-electron chi connectivity index (χ2n) is 5.31. The molecule has 10 heteroatoms. The molecule has 8 N–H and O–H groups in total. The van der Waals surface area contributed by atoms with Gasteiger partial charge in [-0.15, -0.1) is 4.89 Å². The van der Waals surface area contributed by atoms with Gasteiger partial charge in [-0.05, 0) is 56.9 Å². The first-order valence-electron chi connectivity index (χ1n) is 8.88. The molecule has 2 rings (SSSR count). The Morgan fingerprint density at radius 3 is 2.03 bits per heavy atom. The van der Waals surface area contributed by atoms with Crippen LogP contribution in [0.25, 0.3) is 0 Å². The zero-order valence-corrected chi connectivity index (χ0v) is 18.6. The Kier molecular flexibility index (Phi) is 18.0. The highest BCUT2D eigenvalue weighted by Crippen LogP contribution is 2.24. The van der Waals surface area contributed by atoms with Gasteiger partial charge in [0.15, 0.2) is 0 Å². The van der Waals surface area contributed by atoms with Crippen molar-refractivity contribution >= 4 is 8.25 Å². The van der Waals surface area contributed by atoms with Gasteiger partial charge in [0.25, 0.3) is 0 Å². The molecular weight excluding hydrogens is 395 g/mol. The van der Waals surface area contributed by atoms with Crippen LogP contribution in [0.5, 0.6) is 11.5 Å². The highest BCUT2D eigenvalue weighted by atomic mass is 31.1. The molecule has 0 fully saturated rings. The van der Waals surface area contributed by atoms with Gasteiger partial charge in [-0.25, -0.2) is 0 Å². The van der Waals surface area contributed by atoms with Gasteiger partial charge in [-0.2, -0.15) is 0 Å². The zero-order valence-electron chi connectivity index (χ0n) is 17.7. The molecule has 0 saturated carbocycles. The molecule has 0 bridgehead atoms. The average Bonchev–Trinajstić information content (AvgIpc) is 2.74. The van der Waals surface area contributed by atoms with Crippen LogP contribution in [0.2, 0.25) is 0 Å². The Balaban J connectivity index is 0. The molecule has 9 nitrogen and oxygen atoms in total. The lowest BCUT2D eigenvalue weighted by Crippen LogP contribution is -2.00. The maximum Gasteiger partial charge on any atom is 0.698 e. The summed E-state index contributed by atoms with van der Waals surface area (Å²) >= 11 is 0. The van der Waals surface area contributed by atoms with Crippen molar-refractivity contribution in [2.75, 3.05) is 27.9 Å². The van der Waals surface area contributed by atoms with E-state index in [1.165, 1.54) is 21.1 Å². The molecule has 0 spiro atoms. The number of ether oxygens (including phenoxy) is 1. The number of nitrogens with two attached hydrogens (primary N) is 3. The van der Waals surface area contributed by atoms with E-state index < -0.39 is 8.25 Å². The molecule has 164 valence electrons. The summed E-state index contributed by atoms with van der Waals surface area (Å²) in [6, 6.07) is 10.8. The maximum absolute atomic E-state index is 10.4. The first-order valence-corrected chi connectivity index (χ1v) is 10.0. The van der Waals surface area contributed by atoms with E-state index in [0.29, 0.717) is 17.9 Å². The van der Waals surface area contributed by atoms with Crippen LogP contribution in [0.3, 0.4) is 0 Å². The van der Waals surface area contributed by atoms with Gasteiger partial charge in [-0.1, -0.05) is 30.5 Å². The van der Waals surface area contributed by atoms with E-state index in [4.69, 9.17) is 9.63 Å². The van der Waals surface area contributed by atoms with Crippen molar-refractivity contribution in [1.29, 1.82) is 0 Å². The van der Waals surface area contributed by atoms with Gasteiger partial charge in [-0.3, -0.25) is 4.98 Å². The van der Waals surface area contributed by atoms with E-state index in [1.54, 1.807) is 24.3 Å². The lowest BCUT2D eigenvalue weighted by molar-refractivity contribution is 0.115. The molecule has 2 aromatic rings. The maximum atomic E-state index is 10.4. The van der Waals surface area contributed by atoms with Crippen LogP contribution < -0.4 is 21.9 Å². The van der Waals surface area contributed by atoms with Crippen molar-refractivity contribution in [3.63, 3.8) is 0 Å². The van der Waals surface area contributed by atoms with Gasteiger partial charge in [0, 0.05) is 16.7 Å². The standard InChI is InChI=1S/C16H18NO5P.3CH5N/c1-11(2)16-15(18)8-5-13(17-16)9-12-3-6-14(7-4-12)21-10-22-23(19)20;3*1-2/h3-8,11H,9-10H2,1-2H3,(H-,18,19,20);3*2H2,1H3/p+1. The zero-order chi connectivity index (χ0) is 22.8. The van der Waals surface area contributed by atoms with Crippen LogP contribution in [0, 0.1) is 0 Å². The van der Waals surface area contributed by atoms with Crippen LogP contribution in [0.15, 0.2) is 36.4 Å². The van der Waals surface area contributed by atoms with Crippen molar-refractivity contribution in [1.82, 2.24) is 4.98 Å². The van der Waals surface area contributed by atoms with Crippen LogP contribution >= 0.6 is 8.25 Å². The lowest BCUT2D eigenvalue weighted by atomic mass is 10.1. The van der Waals surface area contributed by atoms with E-state index in [9.17, 15) is 9.67 Å². The minimum atomic E-state index is -2.65. The molecule has 0 aliphatic carbocycles. The fourth-order valence-electron chi connectivity index (χ4n) is 2.09. The molecule has 29 heavy (non-hydrogen) atoms. The molecular formula is C19H34N4O5P+. The quantitative estimate of drug-likeness (QED) is 0.327. The first-order chi connectivity index (χ1) is 14.0. The molecule has 1 aromatic carbocycles. The van der Waals surface area contributed by atoms with Crippen molar-refractivity contribution in [2.24, 2.45) is 17.2 Å². The highest BCUT2D eigenvalue weighted by Gasteiger charge is 2.12. The van der Waals surface area contributed by atoms with Gasteiger partial charge < -0.3 is 27.0 Å². The normalized spacial score (nSPS) is 9.79. The Labute approximate surface area is 173 Å². The number of aromatic hydroxyl groups is 1. The molecule has 0 amide bonds. The van der Waals surface area contributed by atoms with Crippen molar-refractivity contribution < 1.29 is 23.8 Å². The Morgan fingerprint density at radius 2 is 1.55 bits per heavy atom. The third kappa shape index (κ3) is 12.1. The number of nitrogens with zero attached hydrogens (tertiary/aromatic N) is 1. The molecule has 1 atom stereocenters. The van der Waals surface area contributed by atoms with E-state index in [0.717, 1.165) is 11.3 Å². The summed E-state index contributed by atoms with van der Waals surface area (Å²) in [7, 11) is 1.85. The van der Waals surface area contributed by atoms with Crippen molar-refractivity contribution in [3.05, 3.63) is 53.3 Å². The van der Waals surface area contributed by atoms with Gasteiger partial charge in [0.05, 0.1) is 5.69 Å². The molecule has 1 unspecified atom stereocenters. The molecule has 1 heterocycles. The summed E-state index contributed by atoms with van der Waals surface area (Å²) in [6.45, 7) is 3.70. The summed E-state index contributed by atoms with van der Waals surface area (Å²) in [4.78, 5) is 13.0. The summed E-state index contributed by atoms with van der Waals surface area (Å²) in [6.07, 6.45) is 0.638. The topological polar surface area (TPSA) is 167 Å². The predicted octanol–water partition coefficient (Wildman–Crippen LogP) is 2.23. The van der Waals surface area contributed by atoms with Crippen LogP contribution in [-0.2, 0) is 15.5 Å². The summed E-state index contributed by atoms with van der Waals surface area (Å²) < 4.78 is 20.0. The number of benzene rings is 1. The minimum Gasteiger partial charge on any atom is -0.506 e. The van der Waals surface area contributed by atoms with Crippen LogP contribution in [0.4, 0.5) is 0 Å². The van der Waals surface area contributed by atoms with E-state index in [2.05, 4.69) is 26.7 Å². The number of hydrogen-bond donors (Lipinski definition) is 5. The summed E-state index contributed by atoms with van der Waals surface area (Å²) in [5.41, 5.74) is 16.1. The largest absolute Gasteiger partial charge is 0.698 e. The Hall–Kier alpha value is -2.13. The predicted molar refractivity (Wildman–Crippen MR) is 116 cm³/mol. The van der Waals surface area contributed by atoms with E-state index in [-0.39, 0.29) is 18.5 Å². The summed E-state index contributed by atoms with van der Waals surface area (Å²) in [5.74, 6) is 0.922. The summed E-state index contributed by atoms with van der Waals surface area (Å²) in [5, 5.41) is 9.80. The Bertz CT molecular complexity index is 685. The molecule has 0 aliphatic rings. The first kappa shape index (κ1) is 29.1. The smallest absolute Gasteiger partial charge is 0.506 e. The van der Waals surface area contributed by atoms with Gasteiger partial charge >= 0.3 is 8.25 Å². The number of hydrogen-bond acceptors (Lipinski definition) is 8. The Morgan fingerprint density at radius 1 is 1.00 bits per heavy atom. The highest BCUT2D eigenvalue weighted by molar-refractivity contribution is 7.32.